The second kappa shape index (κ2) is 8.32. The minimum absolute atomic E-state index is 0.424. The van der Waals surface area contributed by atoms with Gasteiger partial charge in [-0.1, -0.05) is 82.6 Å². The molecule has 0 aliphatic carbocycles. The van der Waals surface area contributed by atoms with E-state index < -0.39 is 0 Å². The molecule has 0 aliphatic heterocycles. The standard InChI is InChI=1S/C19H13Cl2N3S2/c1-11-6-8-12(9-7-11)17-13(10-22)18(24-19(23-17)25-2)26-15-5-3-4-14(20)16(15)21/h3-9H,1-2H3. The second-order valence-corrected chi connectivity index (χ2v) is 7.96. The Bertz CT molecular complexity index is 999. The molecule has 1 heterocycles. The number of hydrogen-bond acceptors (Lipinski definition) is 5. The van der Waals surface area contributed by atoms with E-state index in [1.807, 2.05) is 49.6 Å². The van der Waals surface area contributed by atoms with Gasteiger partial charge in [-0.3, -0.25) is 0 Å². The van der Waals surface area contributed by atoms with Crippen LogP contribution in [0, 0.1) is 18.3 Å². The average Bonchev–Trinajstić information content (AvgIpc) is 2.65. The zero-order valence-electron chi connectivity index (χ0n) is 14.0. The van der Waals surface area contributed by atoms with Gasteiger partial charge >= 0.3 is 0 Å². The van der Waals surface area contributed by atoms with E-state index in [-0.39, 0.29) is 0 Å². The second-order valence-electron chi connectivity index (χ2n) is 5.37. The number of benzene rings is 2. The van der Waals surface area contributed by atoms with Crippen LogP contribution in [0.4, 0.5) is 0 Å². The first-order valence-electron chi connectivity index (χ1n) is 7.58. The fourth-order valence-electron chi connectivity index (χ4n) is 2.27. The zero-order chi connectivity index (χ0) is 18.7. The van der Waals surface area contributed by atoms with Crippen LogP contribution in [0.1, 0.15) is 11.1 Å². The van der Waals surface area contributed by atoms with Crippen LogP contribution in [0.3, 0.4) is 0 Å². The molecule has 2 aromatic carbocycles. The summed E-state index contributed by atoms with van der Waals surface area (Å²) in [6.07, 6.45) is 1.90. The van der Waals surface area contributed by atoms with Crippen molar-refractivity contribution in [1.82, 2.24) is 9.97 Å². The molecule has 1 aromatic heterocycles. The van der Waals surface area contributed by atoms with E-state index in [0.717, 1.165) is 16.0 Å². The van der Waals surface area contributed by atoms with Crippen LogP contribution in [-0.2, 0) is 0 Å². The van der Waals surface area contributed by atoms with Gasteiger partial charge < -0.3 is 0 Å². The SMILES string of the molecule is CSc1nc(Sc2cccc(Cl)c2Cl)c(C#N)c(-c2ccc(C)cc2)n1. The third kappa shape index (κ3) is 3.99. The molecule has 0 atom stereocenters. The maximum atomic E-state index is 9.77. The molecule has 0 aliphatic rings. The zero-order valence-corrected chi connectivity index (χ0v) is 17.1. The predicted molar refractivity (Wildman–Crippen MR) is 109 cm³/mol. The first-order chi connectivity index (χ1) is 12.5. The molecule has 7 heteroatoms. The molecule has 26 heavy (non-hydrogen) atoms. The fraction of sp³-hybridized carbons (Fsp3) is 0.105. The quantitative estimate of drug-likeness (QED) is 0.275. The molecule has 0 saturated heterocycles. The number of rotatable bonds is 4. The summed E-state index contributed by atoms with van der Waals surface area (Å²) in [5, 5.41) is 11.8. The van der Waals surface area contributed by atoms with Crippen LogP contribution in [0.25, 0.3) is 11.3 Å². The van der Waals surface area contributed by atoms with Crippen molar-refractivity contribution in [3.8, 4) is 17.3 Å². The molecule has 0 amide bonds. The van der Waals surface area contributed by atoms with Crippen molar-refractivity contribution < 1.29 is 0 Å². The Morgan fingerprint density at radius 1 is 1.04 bits per heavy atom. The van der Waals surface area contributed by atoms with Crippen LogP contribution in [0.5, 0.6) is 0 Å². The molecule has 0 N–H and O–H groups in total. The van der Waals surface area contributed by atoms with Crippen molar-refractivity contribution in [1.29, 1.82) is 5.26 Å². The van der Waals surface area contributed by atoms with Gasteiger partial charge in [0.25, 0.3) is 0 Å². The lowest BCUT2D eigenvalue weighted by molar-refractivity contribution is 0.890. The van der Waals surface area contributed by atoms with Crippen molar-refractivity contribution in [2.45, 2.75) is 22.0 Å². The highest BCUT2D eigenvalue weighted by atomic mass is 35.5. The first kappa shape index (κ1) is 19.1. The van der Waals surface area contributed by atoms with Gasteiger partial charge in [0.05, 0.1) is 15.7 Å². The van der Waals surface area contributed by atoms with Crippen molar-refractivity contribution in [3.05, 3.63) is 63.6 Å². The summed E-state index contributed by atoms with van der Waals surface area (Å²) in [6, 6.07) is 15.6. The molecular weight excluding hydrogens is 405 g/mol. The van der Waals surface area contributed by atoms with Crippen molar-refractivity contribution >= 4 is 46.7 Å². The van der Waals surface area contributed by atoms with Gasteiger partial charge in [0.15, 0.2) is 5.16 Å². The number of aromatic nitrogens is 2. The number of nitrogens with zero attached hydrogens (tertiary/aromatic N) is 3. The number of nitriles is 1. The average molecular weight is 418 g/mol. The van der Waals surface area contributed by atoms with E-state index in [9.17, 15) is 5.26 Å². The Labute approximate surface area is 170 Å². The van der Waals surface area contributed by atoms with Crippen LogP contribution < -0.4 is 0 Å². The maximum Gasteiger partial charge on any atom is 0.189 e. The van der Waals surface area contributed by atoms with Crippen LogP contribution in [0.2, 0.25) is 10.0 Å². The third-order valence-corrected chi connectivity index (χ3v) is 6.13. The van der Waals surface area contributed by atoms with Gasteiger partial charge in [0, 0.05) is 10.5 Å². The summed E-state index contributed by atoms with van der Waals surface area (Å²) in [7, 11) is 0. The van der Waals surface area contributed by atoms with E-state index in [2.05, 4.69) is 16.0 Å². The molecule has 0 unspecified atom stereocenters. The molecule has 0 saturated carbocycles. The lowest BCUT2D eigenvalue weighted by Crippen LogP contribution is -1.99. The van der Waals surface area contributed by atoms with E-state index in [0.29, 0.717) is 31.5 Å². The number of hydrogen-bond donors (Lipinski definition) is 0. The summed E-state index contributed by atoms with van der Waals surface area (Å²) in [6.45, 7) is 2.02. The highest BCUT2D eigenvalue weighted by Crippen LogP contribution is 2.39. The Morgan fingerprint density at radius 3 is 2.42 bits per heavy atom. The van der Waals surface area contributed by atoms with Crippen molar-refractivity contribution in [3.63, 3.8) is 0 Å². The molecule has 0 fully saturated rings. The van der Waals surface area contributed by atoms with Gasteiger partial charge in [-0.05, 0) is 25.3 Å². The van der Waals surface area contributed by atoms with E-state index >= 15 is 0 Å². The molecular formula is C19H13Cl2N3S2. The Hall–Kier alpha value is -1.71. The van der Waals surface area contributed by atoms with Gasteiger partial charge in [0.2, 0.25) is 0 Å². The van der Waals surface area contributed by atoms with Gasteiger partial charge in [0.1, 0.15) is 16.7 Å². The third-order valence-electron chi connectivity index (χ3n) is 3.60. The molecule has 3 nitrogen and oxygen atoms in total. The van der Waals surface area contributed by atoms with E-state index in [1.54, 1.807) is 6.07 Å². The topological polar surface area (TPSA) is 49.6 Å². The summed E-state index contributed by atoms with van der Waals surface area (Å²) >= 11 is 15.2. The molecule has 0 spiro atoms. The first-order valence-corrected chi connectivity index (χ1v) is 10.4. The smallest absolute Gasteiger partial charge is 0.189 e. The Morgan fingerprint density at radius 2 is 1.77 bits per heavy atom. The normalized spacial score (nSPS) is 10.6. The lowest BCUT2D eigenvalue weighted by atomic mass is 10.1. The van der Waals surface area contributed by atoms with Crippen LogP contribution >= 0.6 is 46.7 Å². The van der Waals surface area contributed by atoms with E-state index in [1.165, 1.54) is 23.5 Å². The summed E-state index contributed by atoms with van der Waals surface area (Å²) in [5.41, 5.74) is 3.07. The molecule has 130 valence electrons. The fourth-order valence-corrected chi connectivity index (χ4v) is 4.10. The summed E-state index contributed by atoms with van der Waals surface area (Å²) < 4.78 is 0. The molecule has 3 aromatic rings. The maximum absolute atomic E-state index is 9.77. The monoisotopic (exact) mass is 417 g/mol. The van der Waals surface area contributed by atoms with E-state index in [4.69, 9.17) is 23.2 Å². The molecule has 0 bridgehead atoms. The minimum Gasteiger partial charge on any atom is -0.221 e. The minimum atomic E-state index is 0.424. The predicted octanol–water partition coefficient (Wildman–Crippen LogP) is 6.50. The van der Waals surface area contributed by atoms with Crippen molar-refractivity contribution in [2.75, 3.05) is 6.26 Å². The number of halogens is 2. The number of thioether (sulfide) groups is 1. The highest BCUT2D eigenvalue weighted by Gasteiger charge is 2.18. The molecule has 3 rings (SSSR count). The van der Waals surface area contributed by atoms with Gasteiger partial charge in [-0.15, -0.1) is 0 Å². The van der Waals surface area contributed by atoms with Crippen LogP contribution in [0.15, 0.2) is 57.5 Å². The molecule has 0 radical (unpaired) electrons. The summed E-state index contributed by atoms with van der Waals surface area (Å²) in [5.74, 6) is 0. The largest absolute Gasteiger partial charge is 0.221 e. The number of aryl methyl sites for hydroxylation is 1. The van der Waals surface area contributed by atoms with Gasteiger partial charge in [-0.25, -0.2) is 9.97 Å². The summed E-state index contributed by atoms with van der Waals surface area (Å²) in [4.78, 5) is 9.83. The lowest BCUT2D eigenvalue weighted by Gasteiger charge is -2.11. The van der Waals surface area contributed by atoms with Crippen molar-refractivity contribution in [2.24, 2.45) is 0 Å². The van der Waals surface area contributed by atoms with Gasteiger partial charge in [-0.2, -0.15) is 5.26 Å². The Kier molecular flexibility index (Phi) is 6.10. The van der Waals surface area contributed by atoms with Crippen LogP contribution in [-0.4, -0.2) is 16.2 Å². The highest BCUT2D eigenvalue weighted by molar-refractivity contribution is 7.99. The Balaban J connectivity index is 2.16.